The molecule has 0 atom stereocenters. The lowest BCUT2D eigenvalue weighted by Crippen LogP contribution is -2.14. The molecule has 1 aromatic heterocycles. The van der Waals surface area contributed by atoms with Gasteiger partial charge in [-0.1, -0.05) is 62.2 Å². The van der Waals surface area contributed by atoms with E-state index in [1.807, 2.05) is 26.2 Å². The highest BCUT2D eigenvalue weighted by Gasteiger charge is 2.23. The van der Waals surface area contributed by atoms with Crippen molar-refractivity contribution in [3.05, 3.63) is 82.0 Å². The van der Waals surface area contributed by atoms with E-state index in [1.54, 1.807) is 48.5 Å². The maximum atomic E-state index is 13.4. The Bertz CT molecular complexity index is 1640. The maximum absolute atomic E-state index is 13.4. The summed E-state index contributed by atoms with van der Waals surface area (Å²) >= 11 is 12.8. The smallest absolute Gasteiger partial charge is 0.261 e. The monoisotopic (exact) mass is 599 g/mol. The zero-order valence-electron chi connectivity index (χ0n) is 23.4. The van der Waals surface area contributed by atoms with Gasteiger partial charge in [-0.15, -0.1) is 0 Å². The highest BCUT2D eigenvalue weighted by atomic mass is 35.5. The number of unbranched alkanes of at least 4 members (excludes halogenated alkanes) is 1. The molecular weight excluding hydrogens is 565 g/mol. The van der Waals surface area contributed by atoms with Crippen LogP contribution in [0.25, 0.3) is 22.0 Å². The Kier molecular flexibility index (Phi) is 9.00. The van der Waals surface area contributed by atoms with E-state index in [9.17, 15) is 13.2 Å². The van der Waals surface area contributed by atoms with E-state index in [-0.39, 0.29) is 16.1 Å². The number of ketones is 1. The van der Waals surface area contributed by atoms with Gasteiger partial charge < -0.3 is 9.88 Å². The van der Waals surface area contributed by atoms with E-state index >= 15 is 0 Å². The summed E-state index contributed by atoms with van der Waals surface area (Å²) in [5.41, 5.74) is 3.76. The molecule has 4 aromatic rings. The van der Waals surface area contributed by atoms with Crippen LogP contribution in [0.2, 0.25) is 10.0 Å². The van der Waals surface area contributed by atoms with Crippen LogP contribution in [0, 0.1) is 0 Å². The van der Waals surface area contributed by atoms with E-state index in [4.69, 9.17) is 23.2 Å². The summed E-state index contributed by atoms with van der Waals surface area (Å²) in [5.74, 6) is -0.0305. The predicted octanol–water partition coefficient (Wildman–Crippen LogP) is 8.15. The number of carbonyl (C=O) groups excluding carboxylic acids is 1. The van der Waals surface area contributed by atoms with Gasteiger partial charge in [0.25, 0.3) is 10.0 Å². The first-order valence-electron chi connectivity index (χ1n) is 13.2. The van der Waals surface area contributed by atoms with Gasteiger partial charge in [-0.2, -0.15) is 0 Å². The molecule has 0 fully saturated rings. The normalized spacial score (nSPS) is 12.3. The Balaban J connectivity index is 1.73. The number of fused-ring (bicyclic) bond motifs is 1. The molecule has 0 aliphatic heterocycles. The number of aromatic nitrogens is 1. The standard InChI is InChI=1S/C31H35Cl2N3O3S/c1-31(2,3)20-9-13-23(14-10-20)40(38,39)35-22-12-16-27-25(19-22)29(24-15-11-21(32)18-26(24)33)30(34-27)28(37)8-6-7-17-36(4)5/h9-16,18-19,34-35H,6-8,17H2,1-5H3. The molecule has 0 bridgehead atoms. The summed E-state index contributed by atoms with van der Waals surface area (Å²) < 4.78 is 29.2. The SMILES string of the molecule is CN(C)CCCCC(=O)c1[nH]c2ccc(NS(=O)(=O)c3ccc(C(C)(C)C)cc3)cc2c1-c1ccc(Cl)cc1Cl. The molecule has 1 heterocycles. The van der Waals surface area contributed by atoms with Crippen molar-refractivity contribution in [3.63, 3.8) is 0 Å². The van der Waals surface area contributed by atoms with E-state index in [0.29, 0.717) is 49.9 Å². The first kappa shape index (κ1) is 30.1. The zero-order chi connectivity index (χ0) is 29.2. The number of hydrogen-bond acceptors (Lipinski definition) is 4. The van der Waals surface area contributed by atoms with Crippen LogP contribution >= 0.6 is 23.2 Å². The molecule has 0 aliphatic carbocycles. The summed E-state index contributed by atoms with van der Waals surface area (Å²) in [5, 5.41) is 1.57. The highest BCUT2D eigenvalue weighted by molar-refractivity contribution is 7.92. The molecule has 0 unspecified atom stereocenters. The summed E-state index contributed by atoms with van der Waals surface area (Å²) in [6.07, 6.45) is 2.03. The summed E-state index contributed by atoms with van der Waals surface area (Å²) in [6.45, 7) is 7.13. The lowest BCUT2D eigenvalue weighted by Gasteiger charge is -2.19. The fourth-order valence-corrected chi connectivity index (χ4v) is 6.18. The topological polar surface area (TPSA) is 82.3 Å². The minimum Gasteiger partial charge on any atom is -0.352 e. The van der Waals surface area contributed by atoms with Gasteiger partial charge in [0.15, 0.2) is 5.78 Å². The molecule has 2 N–H and O–H groups in total. The first-order chi connectivity index (χ1) is 18.8. The number of Topliss-reactive ketones (excluding diaryl/α,β-unsaturated/α-hetero) is 1. The Morgan fingerprint density at radius 1 is 0.950 bits per heavy atom. The number of benzene rings is 3. The van der Waals surface area contributed by atoms with Crippen LogP contribution in [0.15, 0.2) is 65.6 Å². The van der Waals surface area contributed by atoms with Crippen molar-refractivity contribution in [2.75, 3.05) is 25.4 Å². The van der Waals surface area contributed by atoms with Crippen molar-refractivity contribution in [3.8, 4) is 11.1 Å². The molecule has 0 aliphatic rings. The van der Waals surface area contributed by atoms with E-state index in [0.717, 1.165) is 24.9 Å². The van der Waals surface area contributed by atoms with Gasteiger partial charge in [-0.05, 0) is 86.9 Å². The molecule has 9 heteroatoms. The number of hydrogen-bond donors (Lipinski definition) is 2. The molecule has 0 saturated carbocycles. The van der Waals surface area contributed by atoms with Crippen molar-refractivity contribution in [2.24, 2.45) is 0 Å². The second-order valence-corrected chi connectivity index (χ2v) is 13.8. The van der Waals surface area contributed by atoms with Gasteiger partial charge in [-0.3, -0.25) is 9.52 Å². The molecule has 0 radical (unpaired) electrons. The van der Waals surface area contributed by atoms with Crippen molar-refractivity contribution < 1.29 is 13.2 Å². The zero-order valence-corrected chi connectivity index (χ0v) is 25.8. The van der Waals surface area contributed by atoms with Crippen LogP contribution in [0.3, 0.4) is 0 Å². The van der Waals surface area contributed by atoms with Gasteiger partial charge in [0.05, 0.1) is 10.6 Å². The minimum absolute atomic E-state index is 0.0305. The molecule has 0 amide bonds. The van der Waals surface area contributed by atoms with Crippen molar-refractivity contribution >= 4 is 55.6 Å². The number of anilines is 1. The van der Waals surface area contributed by atoms with Crippen LogP contribution in [0.1, 0.15) is 56.1 Å². The van der Waals surface area contributed by atoms with Gasteiger partial charge in [0, 0.05) is 44.2 Å². The molecule has 40 heavy (non-hydrogen) atoms. The molecular formula is C31H35Cl2N3O3S. The Hall–Kier alpha value is -2.84. The maximum Gasteiger partial charge on any atom is 0.261 e. The minimum atomic E-state index is -3.84. The van der Waals surface area contributed by atoms with Crippen LogP contribution in [0.4, 0.5) is 5.69 Å². The lowest BCUT2D eigenvalue weighted by molar-refractivity contribution is 0.0975. The van der Waals surface area contributed by atoms with Gasteiger partial charge in [0.1, 0.15) is 0 Å². The number of rotatable bonds is 10. The average molecular weight is 601 g/mol. The van der Waals surface area contributed by atoms with Crippen molar-refractivity contribution in [1.29, 1.82) is 0 Å². The summed E-state index contributed by atoms with van der Waals surface area (Å²) in [4.78, 5) is 18.9. The van der Waals surface area contributed by atoms with Gasteiger partial charge >= 0.3 is 0 Å². The summed E-state index contributed by atoms with van der Waals surface area (Å²) in [7, 11) is 0.172. The van der Waals surface area contributed by atoms with E-state index < -0.39 is 10.0 Å². The number of H-pyrrole nitrogens is 1. The Labute approximate surface area is 246 Å². The number of halogens is 2. The molecule has 3 aromatic carbocycles. The Morgan fingerprint density at radius 3 is 2.27 bits per heavy atom. The molecule has 4 rings (SSSR count). The predicted molar refractivity (Wildman–Crippen MR) is 166 cm³/mol. The quantitative estimate of drug-likeness (QED) is 0.142. The van der Waals surface area contributed by atoms with E-state index in [1.165, 1.54) is 0 Å². The third kappa shape index (κ3) is 6.89. The Morgan fingerprint density at radius 2 is 1.65 bits per heavy atom. The van der Waals surface area contributed by atoms with Gasteiger partial charge in [0.2, 0.25) is 0 Å². The number of aromatic amines is 1. The van der Waals surface area contributed by atoms with Crippen LogP contribution in [-0.4, -0.2) is 44.7 Å². The number of carbonyl (C=O) groups is 1. The second-order valence-electron chi connectivity index (χ2n) is 11.3. The average Bonchev–Trinajstić information content (AvgIpc) is 3.24. The third-order valence-corrected chi connectivity index (χ3v) is 8.76. The van der Waals surface area contributed by atoms with Crippen LogP contribution in [-0.2, 0) is 15.4 Å². The fraction of sp³-hybridized carbons (Fsp3) is 0.323. The van der Waals surface area contributed by atoms with Crippen molar-refractivity contribution in [2.45, 2.75) is 50.3 Å². The molecule has 6 nitrogen and oxygen atoms in total. The van der Waals surface area contributed by atoms with Crippen LogP contribution < -0.4 is 4.72 Å². The highest BCUT2D eigenvalue weighted by Crippen LogP contribution is 2.39. The number of nitrogens with one attached hydrogen (secondary N) is 2. The molecule has 0 saturated heterocycles. The number of sulfonamides is 1. The van der Waals surface area contributed by atoms with Gasteiger partial charge in [-0.25, -0.2) is 8.42 Å². The first-order valence-corrected chi connectivity index (χ1v) is 15.4. The second kappa shape index (κ2) is 12.0. The largest absolute Gasteiger partial charge is 0.352 e. The number of nitrogens with zero attached hydrogens (tertiary/aromatic N) is 1. The van der Waals surface area contributed by atoms with E-state index in [2.05, 4.69) is 35.4 Å². The molecule has 212 valence electrons. The lowest BCUT2D eigenvalue weighted by atomic mass is 9.87. The van der Waals surface area contributed by atoms with Crippen LogP contribution in [0.5, 0.6) is 0 Å². The molecule has 0 spiro atoms. The fourth-order valence-electron chi connectivity index (χ4n) is 4.62. The van der Waals surface area contributed by atoms with Crippen molar-refractivity contribution in [1.82, 2.24) is 9.88 Å². The third-order valence-electron chi connectivity index (χ3n) is 6.82. The summed E-state index contributed by atoms with van der Waals surface area (Å²) in [6, 6.07) is 17.2.